The number of rotatable bonds is 9. The van der Waals surface area contributed by atoms with E-state index in [0.717, 1.165) is 51.1 Å². The van der Waals surface area contributed by atoms with Crippen molar-refractivity contribution < 1.29 is 18.3 Å². The first kappa shape index (κ1) is 27.5. The third kappa shape index (κ3) is 7.75. The summed E-state index contributed by atoms with van der Waals surface area (Å²) in [5.74, 6) is 0.389. The van der Waals surface area contributed by atoms with Crippen molar-refractivity contribution in [2.75, 3.05) is 43.9 Å². The van der Waals surface area contributed by atoms with Crippen LogP contribution in [0.4, 0.5) is 24.9 Å². The second-order valence-electron chi connectivity index (χ2n) is 10.3. The lowest BCUT2D eigenvalue weighted by Gasteiger charge is -2.32. The molecule has 2 aromatic rings. The van der Waals surface area contributed by atoms with E-state index in [1.165, 1.54) is 6.20 Å². The number of likely N-dealkylation sites (N-methyl/N-ethyl adjacent to an activating group) is 1. The molecule has 1 saturated carbocycles. The number of anilines is 2. The number of alkyl halides is 3. The number of aliphatic hydroxyl groups is 1. The van der Waals surface area contributed by atoms with Gasteiger partial charge in [0.05, 0.1) is 17.4 Å². The van der Waals surface area contributed by atoms with Crippen molar-refractivity contribution in [1.82, 2.24) is 24.8 Å². The SMILES string of the molecule is CCC[C@@H](Nc1ncc(-c2ccc(CN3CCN(C)CC3)cn2)c(NC2CCC(O)CC2)n1)C(F)(F)F. The van der Waals surface area contributed by atoms with Gasteiger partial charge >= 0.3 is 6.18 Å². The standard InChI is InChI=1S/C26H38F3N7O/c1-3-4-23(26(27,28)29)33-25-31-16-21(24(34-25)32-19-6-8-20(37)9-7-19)22-10-5-18(15-30-22)17-36-13-11-35(2)12-14-36/h5,10,15-16,19-20,23,37H,3-4,6-9,11-14,17H2,1-2H3,(H2,31,32,33,34)/t19?,20?,23-/m1/s1. The summed E-state index contributed by atoms with van der Waals surface area (Å²) in [6.45, 7) is 6.66. The number of halogens is 3. The molecule has 0 spiro atoms. The van der Waals surface area contributed by atoms with Gasteiger partial charge in [0.2, 0.25) is 5.95 Å². The zero-order valence-corrected chi connectivity index (χ0v) is 21.6. The molecule has 2 aliphatic rings. The van der Waals surface area contributed by atoms with E-state index in [-0.39, 0.29) is 24.5 Å². The average Bonchev–Trinajstić information content (AvgIpc) is 2.87. The average molecular weight is 522 g/mol. The predicted octanol–water partition coefficient (Wildman–Crippen LogP) is 4.14. The van der Waals surface area contributed by atoms with Crippen molar-refractivity contribution in [3.8, 4) is 11.3 Å². The van der Waals surface area contributed by atoms with Crippen LogP contribution in [0, 0.1) is 0 Å². The van der Waals surface area contributed by atoms with Crippen LogP contribution in [-0.4, -0.2) is 87.4 Å². The number of aromatic nitrogens is 3. The van der Waals surface area contributed by atoms with Crippen LogP contribution in [0.3, 0.4) is 0 Å². The van der Waals surface area contributed by atoms with Crippen molar-refractivity contribution in [2.24, 2.45) is 0 Å². The fourth-order valence-electron chi connectivity index (χ4n) is 4.87. The Labute approximate surface area is 216 Å². The first-order valence-electron chi connectivity index (χ1n) is 13.2. The molecule has 204 valence electrons. The van der Waals surface area contributed by atoms with Gasteiger partial charge in [-0.3, -0.25) is 9.88 Å². The van der Waals surface area contributed by atoms with Gasteiger partial charge in [0.1, 0.15) is 11.9 Å². The first-order valence-corrected chi connectivity index (χ1v) is 13.2. The highest BCUT2D eigenvalue weighted by Gasteiger charge is 2.39. The summed E-state index contributed by atoms with van der Waals surface area (Å²) in [6.07, 6.45) is 1.87. The van der Waals surface area contributed by atoms with Crippen LogP contribution >= 0.6 is 0 Å². The Balaban J connectivity index is 1.54. The lowest BCUT2D eigenvalue weighted by Crippen LogP contribution is -2.43. The molecule has 1 aliphatic carbocycles. The molecule has 0 radical (unpaired) electrons. The van der Waals surface area contributed by atoms with Gasteiger partial charge in [0.15, 0.2) is 0 Å². The third-order valence-electron chi connectivity index (χ3n) is 7.20. The van der Waals surface area contributed by atoms with E-state index in [0.29, 0.717) is 36.3 Å². The number of hydrogen-bond donors (Lipinski definition) is 3. The summed E-state index contributed by atoms with van der Waals surface area (Å²) in [6, 6.07) is 2.31. The zero-order chi connectivity index (χ0) is 26.4. The van der Waals surface area contributed by atoms with Crippen LogP contribution in [0.2, 0.25) is 0 Å². The maximum Gasteiger partial charge on any atom is 0.408 e. The van der Waals surface area contributed by atoms with Crippen LogP contribution in [0.5, 0.6) is 0 Å². The summed E-state index contributed by atoms with van der Waals surface area (Å²) in [5.41, 5.74) is 2.41. The van der Waals surface area contributed by atoms with Gasteiger partial charge in [-0.2, -0.15) is 18.2 Å². The maximum atomic E-state index is 13.5. The molecule has 11 heteroatoms. The van der Waals surface area contributed by atoms with Crippen LogP contribution < -0.4 is 10.6 Å². The van der Waals surface area contributed by atoms with E-state index in [1.807, 2.05) is 18.3 Å². The zero-order valence-electron chi connectivity index (χ0n) is 21.6. The van der Waals surface area contributed by atoms with E-state index in [4.69, 9.17) is 0 Å². The quantitative estimate of drug-likeness (QED) is 0.454. The summed E-state index contributed by atoms with van der Waals surface area (Å²) < 4.78 is 40.5. The third-order valence-corrected chi connectivity index (χ3v) is 7.20. The summed E-state index contributed by atoms with van der Waals surface area (Å²) in [4.78, 5) is 18.1. The number of nitrogens with zero attached hydrogens (tertiary/aromatic N) is 5. The topological polar surface area (TPSA) is 89.4 Å². The van der Waals surface area contributed by atoms with E-state index in [9.17, 15) is 18.3 Å². The Hall–Kier alpha value is -2.50. The van der Waals surface area contributed by atoms with Crippen molar-refractivity contribution in [1.29, 1.82) is 0 Å². The van der Waals surface area contributed by atoms with Gasteiger partial charge in [-0.05, 0) is 50.8 Å². The molecule has 37 heavy (non-hydrogen) atoms. The summed E-state index contributed by atoms with van der Waals surface area (Å²) in [5, 5.41) is 15.8. The molecule has 0 aromatic carbocycles. The largest absolute Gasteiger partial charge is 0.408 e. The second kappa shape index (κ2) is 12.4. The van der Waals surface area contributed by atoms with E-state index in [1.54, 1.807) is 6.92 Å². The molecule has 8 nitrogen and oxygen atoms in total. The van der Waals surface area contributed by atoms with Crippen molar-refractivity contribution in [2.45, 2.75) is 76.4 Å². The summed E-state index contributed by atoms with van der Waals surface area (Å²) in [7, 11) is 2.13. The molecule has 0 bridgehead atoms. The van der Waals surface area contributed by atoms with Crippen LogP contribution in [0.25, 0.3) is 11.3 Å². The Morgan fingerprint density at radius 3 is 2.41 bits per heavy atom. The minimum Gasteiger partial charge on any atom is -0.393 e. The molecule has 1 atom stereocenters. The molecule has 2 fully saturated rings. The van der Waals surface area contributed by atoms with Crippen LogP contribution in [-0.2, 0) is 6.54 Å². The molecule has 4 rings (SSSR count). The number of nitrogens with one attached hydrogen (secondary N) is 2. The lowest BCUT2D eigenvalue weighted by atomic mass is 9.93. The van der Waals surface area contributed by atoms with Gasteiger partial charge < -0.3 is 20.6 Å². The molecule has 0 unspecified atom stereocenters. The minimum absolute atomic E-state index is 0.0613. The highest BCUT2D eigenvalue weighted by molar-refractivity contribution is 5.73. The number of piperazine rings is 1. The molecular formula is C26H38F3N7O. The molecule has 1 saturated heterocycles. The maximum absolute atomic E-state index is 13.5. The summed E-state index contributed by atoms with van der Waals surface area (Å²) >= 11 is 0. The Morgan fingerprint density at radius 2 is 1.78 bits per heavy atom. The molecule has 1 aliphatic heterocycles. The highest BCUT2D eigenvalue weighted by atomic mass is 19.4. The van der Waals surface area contributed by atoms with E-state index in [2.05, 4.69) is 42.4 Å². The minimum atomic E-state index is -4.40. The van der Waals surface area contributed by atoms with Crippen molar-refractivity contribution in [3.05, 3.63) is 30.1 Å². The molecule has 3 N–H and O–H groups in total. The van der Waals surface area contributed by atoms with E-state index < -0.39 is 12.2 Å². The van der Waals surface area contributed by atoms with Gasteiger partial charge in [0, 0.05) is 51.2 Å². The Morgan fingerprint density at radius 1 is 1.05 bits per heavy atom. The number of hydrogen-bond acceptors (Lipinski definition) is 8. The first-order chi connectivity index (χ1) is 17.7. The highest BCUT2D eigenvalue weighted by Crippen LogP contribution is 2.31. The number of aliphatic hydroxyl groups excluding tert-OH is 1. The van der Waals surface area contributed by atoms with Gasteiger partial charge in [-0.25, -0.2) is 4.98 Å². The fraction of sp³-hybridized carbons (Fsp3) is 0.654. The smallest absolute Gasteiger partial charge is 0.393 e. The fourth-order valence-corrected chi connectivity index (χ4v) is 4.87. The second-order valence-corrected chi connectivity index (χ2v) is 10.3. The Bertz CT molecular complexity index is 989. The molecule has 0 amide bonds. The lowest BCUT2D eigenvalue weighted by molar-refractivity contribution is -0.143. The van der Waals surface area contributed by atoms with E-state index >= 15 is 0 Å². The monoisotopic (exact) mass is 521 g/mol. The van der Waals surface area contributed by atoms with Gasteiger partial charge in [-0.15, -0.1) is 0 Å². The predicted molar refractivity (Wildman–Crippen MR) is 138 cm³/mol. The number of pyridine rings is 1. The van der Waals surface area contributed by atoms with Crippen LogP contribution in [0.1, 0.15) is 51.0 Å². The van der Waals surface area contributed by atoms with Gasteiger partial charge in [0.25, 0.3) is 0 Å². The van der Waals surface area contributed by atoms with Crippen molar-refractivity contribution >= 4 is 11.8 Å². The van der Waals surface area contributed by atoms with Crippen LogP contribution in [0.15, 0.2) is 24.5 Å². The normalized spacial score (nSPS) is 22.5. The Kier molecular flexibility index (Phi) is 9.20. The molecular weight excluding hydrogens is 483 g/mol. The molecule has 3 heterocycles. The van der Waals surface area contributed by atoms with Gasteiger partial charge in [-0.1, -0.05) is 19.4 Å². The molecule has 2 aromatic heterocycles. The van der Waals surface area contributed by atoms with Crippen molar-refractivity contribution in [3.63, 3.8) is 0 Å².